The zero-order valence-corrected chi connectivity index (χ0v) is 27.2. The molecule has 3 heterocycles. The Hall–Kier alpha value is -3.38. The fraction of sp³-hybridized carbons (Fsp3) is 0.657. The van der Waals surface area contributed by atoms with Gasteiger partial charge in [-0.25, -0.2) is 0 Å². The Morgan fingerprint density at radius 2 is 1.89 bits per heavy atom. The number of rotatable bonds is 10. The predicted molar refractivity (Wildman–Crippen MR) is 172 cm³/mol. The van der Waals surface area contributed by atoms with E-state index in [2.05, 4.69) is 17.2 Å². The lowest BCUT2D eigenvalue weighted by Crippen LogP contribution is -2.49. The number of nitrogens with zero attached hydrogens (tertiary/aromatic N) is 4. The quantitative estimate of drug-likeness (QED) is 0.254. The third kappa shape index (κ3) is 7.09. The van der Waals surface area contributed by atoms with Crippen LogP contribution >= 0.6 is 0 Å². The number of fused-ring (bicyclic) bond motifs is 1. The van der Waals surface area contributed by atoms with E-state index in [0.717, 1.165) is 64.2 Å². The summed E-state index contributed by atoms with van der Waals surface area (Å²) in [6, 6.07) is 8.82. The standard InChI is InChI=1S/C35H46F2N6O4/c1-34(41-29(45)8-4-5-23-22-35(23)15-9-24(44)10-16-35)13-11-25(12-14-34)47-30-21-28(39-33(40-30)42-17-19-46-20-18-42)43-27-7-3-2-6-26(27)38-32(43)31(36)37/h2-3,6-7,21,23-25,31,44H,4-5,8-20,22H2,1H3,(H,41,45)/p+1. The number of anilines is 1. The van der Waals surface area contributed by atoms with Crippen molar-refractivity contribution in [3.05, 3.63) is 36.2 Å². The molecular weight excluding hydrogens is 606 g/mol. The highest BCUT2D eigenvalue weighted by Gasteiger charge is 2.53. The summed E-state index contributed by atoms with van der Waals surface area (Å²) in [4.78, 5) is 27.3. The normalized spacial score (nSPS) is 29.4. The number of morpholine rings is 1. The Balaban J connectivity index is 0.988. The number of hydrogen-bond donors (Lipinski definition) is 3. The number of carbonyl (C=O) groups is 1. The highest BCUT2D eigenvalue weighted by Crippen LogP contribution is 2.63. The van der Waals surface area contributed by atoms with Crippen molar-refractivity contribution in [3.63, 3.8) is 0 Å². The van der Waals surface area contributed by atoms with Crippen molar-refractivity contribution in [2.45, 2.75) is 108 Å². The number of amides is 1. The van der Waals surface area contributed by atoms with Gasteiger partial charge in [0, 0.05) is 25.0 Å². The summed E-state index contributed by atoms with van der Waals surface area (Å²) in [6.45, 7) is 4.37. The van der Waals surface area contributed by atoms with Crippen LogP contribution in [0.25, 0.3) is 16.9 Å². The lowest BCUT2D eigenvalue weighted by atomic mass is 9.81. The molecule has 2 aromatic heterocycles. The van der Waals surface area contributed by atoms with Crippen LogP contribution in [0.2, 0.25) is 0 Å². The lowest BCUT2D eigenvalue weighted by molar-refractivity contribution is -0.586. The van der Waals surface area contributed by atoms with Crippen LogP contribution < -0.4 is 19.5 Å². The first-order valence-electron chi connectivity index (χ1n) is 17.4. The van der Waals surface area contributed by atoms with Gasteiger partial charge in [-0.3, -0.25) is 9.78 Å². The van der Waals surface area contributed by atoms with Gasteiger partial charge in [-0.1, -0.05) is 17.1 Å². The van der Waals surface area contributed by atoms with Gasteiger partial charge < -0.3 is 24.8 Å². The van der Waals surface area contributed by atoms with E-state index < -0.39 is 6.43 Å². The molecule has 254 valence electrons. The van der Waals surface area contributed by atoms with Crippen LogP contribution in [0.1, 0.15) is 96.2 Å². The molecule has 10 nitrogen and oxygen atoms in total. The lowest BCUT2D eigenvalue weighted by Gasteiger charge is -2.38. The number of aliphatic hydroxyl groups is 1. The molecule has 3 aromatic rings. The second kappa shape index (κ2) is 13.3. The third-order valence-corrected chi connectivity index (χ3v) is 11.1. The van der Waals surface area contributed by atoms with Crippen molar-refractivity contribution in [1.29, 1.82) is 0 Å². The topological polar surface area (TPSA) is 116 Å². The van der Waals surface area contributed by atoms with Crippen molar-refractivity contribution in [3.8, 4) is 11.7 Å². The molecule has 3 saturated carbocycles. The highest BCUT2D eigenvalue weighted by molar-refractivity contribution is 5.76. The highest BCUT2D eigenvalue weighted by atomic mass is 19.3. The maximum atomic E-state index is 14.2. The summed E-state index contributed by atoms with van der Waals surface area (Å²) >= 11 is 0. The monoisotopic (exact) mass is 653 g/mol. The van der Waals surface area contributed by atoms with Gasteiger partial charge in [-0.2, -0.15) is 18.3 Å². The number of aliphatic hydroxyl groups excluding tert-OH is 1. The van der Waals surface area contributed by atoms with E-state index in [1.165, 1.54) is 11.0 Å². The van der Waals surface area contributed by atoms with Crippen molar-refractivity contribution in [2.75, 3.05) is 31.2 Å². The second-order valence-corrected chi connectivity index (χ2v) is 14.4. The number of benzene rings is 1. The number of H-pyrrole nitrogens is 1. The molecule has 1 spiro atoms. The van der Waals surface area contributed by atoms with Gasteiger partial charge in [0.25, 0.3) is 11.6 Å². The zero-order chi connectivity index (χ0) is 32.6. The molecule has 0 radical (unpaired) electrons. The minimum atomic E-state index is -2.74. The van der Waals surface area contributed by atoms with Crippen LogP contribution in [-0.4, -0.2) is 70.0 Å². The summed E-state index contributed by atoms with van der Waals surface area (Å²) < 4.78 is 41.9. The molecule has 1 unspecified atom stereocenters. The molecular formula is C35H47F2N6O4+. The summed E-state index contributed by atoms with van der Waals surface area (Å²) in [5.74, 6) is 1.66. The molecule has 1 amide bonds. The molecule has 7 rings (SSSR count). The maximum Gasteiger partial charge on any atom is 0.322 e. The third-order valence-electron chi connectivity index (χ3n) is 11.1. The molecule has 0 bridgehead atoms. The Morgan fingerprint density at radius 3 is 2.64 bits per heavy atom. The van der Waals surface area contributed by atoms with Crippen LogP contribution in [0, 0.1) is 11.3 Å². The summed E-state index contributed by atoms with van der Waals surface area (Å²) in [5, 5.41) is 13.2. The fourth-order valence-electron chi connectivity index (χ4n) is 8.16. The minimum Gasteiger partial charge on any atom is -0.474 e. The summed E-state index contributed by atoms with van der Waals surface area (Å²) in [7, 11) is 0. The number of carbonyl (C=O) groups excluding carboxylic acids is 1. The van der Waals surface area contributed by atoms with Gasteiger partial charge in [0.05, 0.1) is 25.4 Å². The number of nitrogens with one attached hydrogen (secondary N) is 2. The maximum absolute atomic E-state index is 14.2. The van der Waals surface area contributed by atoms with Crippen molar-refractivity contribution in [2.24, 2.45) is 11.3 Å². The first-order chi connectivity index (χ1) is 22.7. The van der Waals surface area contributed by atoms with Crippen LogP contribution in [-0.2, 0) is 9.53 Å². The van der Waals surface area contributed by atoms with Crippen LogP contribution in [0.3, 0.4) is 0 Å². The first kappa shape index (κ1) is 32.2. The van der Waals surface area contributed by atoms with E-state index in [1.54, 1.807) is 24.3 Å². The number of hydrogen-bond acceptors (Lipinski definition) is 7. The van der Waals surface area contributed by atoms with E-state index in [1.807, 2.05) is 11.0 Å². The molecule has 1 aliphatic heterocycles. The molecule has 1 aromatic carbocycles. The van der Waals surface area contributed by atoms with Crippen LogP contribution in [0.15, 0.2) is 30.3 Å². The fourth-order valence-corrected chi connectivity index (χ4v) is 8.16. The Labute approximate surface area is 274 Å². The first-order valence-corrected chi connectivity index (χ1v) is 17.4. The van der Waals surface area contributed by atoms with Gasteiger partial charge in [-0.15, -0.1) is 0 Å². The van der Waals surface area contributed by atoms with Gasteiger partial charge in [0.2, 0.25) is 11.8 Å². The SMILES string of the molecule is CC1(NC(=O)CCCC2CC23CCC(O)CC3)CCC(Oc2cc(-[n+]3c(C(F)F)[nH]c4ccccc43)nc(N3CCOCC3)n2)CC1. The molecule has 3 N–H and O–H groups in total. The van der Waals surface area contributed by atoms with Crippen molar-refractivity contribution >= 4 is 22.9 Å². The Bertz CT molecular complexity index is 1560. The van der Waals surface area contributed by atoms with E-state index in [9.17, 15) is 18.7 Å². The number of aromatic amines is 1. The largest absolute Gasteiger partial charge is 0.474 e. The van der Waals surface area contributed by atoms with Crippen LogP contribution in [0.4, 0.5) is 14.7 Å². The number of aromatic nitrogens is 4. The summed E-state index contributed by atoms with van der Waals surface area (Å²) in [6.07, 6.45) is 7.98. The molecule has 1 saturated heterocycles. The van der Waals surface area contributed by atoms with Crippen molar-refractivity contribution in [1.82, 2.24) is 20.3 Å². The van der Waals surface area contributed by atoms with E-state index in [0.29, 0.717) is 72.7 Å². The molecule has 1 atom stereocenters. The second-order valence-electron chi connectivity index (χ2n) is 14.4. The van der Waals surface area contributed by atoms with E-state index in [4.69, 9.17) is 19.4 Å². The number of para-hydroxylation sites is 2. The molecule has 12 heteroatoms. The van der Waals surface area contributed by atoms with Crippen LogP contribution in [0.5, 0.6) is 5.88 Å². The number of halogens is 2. The van der Waals surface area contributed by atoms with Gasteiger partial charge in [0.15, 0.2) is 0 Å². The predicted octanol–water partition coefficient (Wildman–Crippen LogP) is 5.32. The average molecular weight is 654 g/mol. The Kier molecular flexibility index (Phi) is 9.08. The molecule has 47 heavy (non-hydrogen) atoms. The Morgan fingerprint density at radius 1 is 1.15 bits per heavy atom. The van der Waals surface area contributed by atoms with E-state index >= 15 is 0 Å². The van der Waals surface area contributed by atoms with E-state index in [-0.39, 0.29) is 29.5 Å². The van der Waals surface area contributed by atoms with Crippen molar-refractivity contribution < 1.29 is 32.7 Å². The molecule has 3 aliphatic carbocycles. The molecule has 4 fully saturated rings. The number of alkyl halides is 2. The number of imidazole rings is 1. The van der Waals surface area contributed by atoms with Gasteiger partial charge >= 0.3 is 12.4 Å². The smallest absolute Gasteiger partial charge is 0.322 e. The minimum absolute atomic E-state index is 0.113. The molecule has 4 aliphatic rings. The van der Waals surface area contributed by atoms with Gasteiger partial charge in [0.1, 0.15) is 17.1 Å². The number of ether oxygens (including phenoxy) is 2. The van der Waals surface area contributed by atoms with Gasteiger partial charge in [-0.05, 0) is 101 Å². The summed E-state index contributed by atoms with van der Waals surface area (Å²) in [5.41, 5.74) is 1.34. The zero-order valence-electron chi connectivity index (χ0n) is 27.2. The average Bonchev–Trinajstić information content (AvgIpc) is 3.58.